The minimum absolute atomic E-state index is 0.0169. The van der Waals surface area contributed by atoms with Gasteiger partial charge in [-0.1, -0.05) is 66.0 Å². The topological polar surface area (TPSA) is 692 Å². The Kier molecular flexibility index (Phi) is 28.3. The summed E-state index contributed by atoms with van der Waals surface area (Å²) < 4.78 is 130. The lowest BCUT2D eigenvalue weighted by Gasteiger charge is -2.36. The molecule has 0 aromatic carbocycles. The maximum atomic E-state index is 14.9. The summed E-state index contributed by atoms with van der Waals surface area (Å²) in [5.41, 5.74) is 13.5. The van der Waals surface area contributed by atoms with Crippen LogP contribution in [0.3, 0.4) is 0 Å². The Labute approximate surface area is 737 Å². The molecule has 0 saturated carbocycles. The molecule has 10 N–H and O–H groups in total. The molecule has 9 aromatic rings. The van der Waals surface area contributed by atoms with E-state index in [-0.39, 0.29) is 99.9 Å². The summed E-state index contributed by atoms with van der Waals surface area (Å²) >= 11 is 32.4. The SMILES string of the molecule is CC[C@H]1O[C@@H](n2cc(C)c(=O)[nH]c2=O)CC1OP([O-])(=S)OC[C@H]1O[C@@H](n2cnc3c(N)ncnc32)CC1OP([O-])(=S)OC[C@H]1O[C@@H](n2cnc3c(N)ncnc32)CC1OP(=O)([S-])OC[C@H]1O[C@@H](n2cc(C)c(=O)[nH]c2=O)CC1OP([O-])(=S)OC[C@H]1O[C@@H](n2cnc3c(=O)[nH]c(N)nc32)CC1OP([O-])(=S)OC[C@H]1O[C@@H](n2cc(C)c(=O)[nH]c2=O)CC1OP([O-])(=S)OC. The van der Waals surface area contributed by atoms with Crippen LogP contribution in [-0.4, -0.2) is 201 Å². The van der Waals surface area contributed by atoms with Crippen LogP contribution in [0.1, 0.15) is 106 Å². The lowest BCUT2D eigenvalue weighted by atomic mass is 10.1. The zero-order valence-electron chi connectivity index (χ0n) is 65.8. The van der Waals surface area contributed by atoms with Gasteiger partial charge in [-0.15, -0.1) is 0 Å². The number of imidazole rings is 3. The van der Waals surface area contributed by atoms with Crippen LogP contribution in [0.25, 0.3) is 33.5 Å². The van der Waals surface area contributed by atoms with Crippen molar-refractivity contribution in [2.24, 2.45) is 0 Å². The maximum Gasteiger partial charge on any atom is 0.330 e. The van der Waals surface area contributed by atoms with Gasteiger partial charge in [0.2, 0.25) is 5.95 Å². The second kappa shape index (κ2) is 37.8. The third kappa shape index (κ3) is 21.4. The number of H-pyrrole nitrogens is 4. The lowest BCUT2D eigenvalue weighted by molar-refractivity contribution is -0.221. The highest BCUT2D eigenvalue weighted by Gasteiger charge is 2.48. The summed E-state index contributed by atoms with van der Waals surface area (Å²) in [6.45, 7) is -26.3. The van der Waals surface area contributed by atoms with Crippen LogP contribution >= 0.6 is 40.4 Å². The summed E-state index contributed by atoms with van der Waals surface area (Å²) in [7, 11) is 1.02. The highest BCUT2D eigenvalue weighted by atomic mass is 32.7. The van der Waals surface area contributed by atoms with Gasteiger partial charge in [0.05, 0.1) is 94.7 Å². The van der Waals surface area contributed by atoms with E-state index in [1.807, 2.05) is 0 Å². The fourth-order valence-electron chi connectivity index (χ4n) is 14.7. The van der Waals surface area contributed by atoms with Crippen molar-refractivity contribution in [1.29, 1.82) is 0 Å². The first-order chi connectivity index (χ1) is 59.5. The molecular formula is C62H75N21O31P6S6-6. The van der Waals surface area contributed by atoms with Gasteiger partial charge in [-0.05, 0) is 27.2 Å². The van der Waals surface area contributed by atoms with E-state index in [1.165, 1.54) is 76.7 Å². The van der Waals surface area contributed by atoms with E-state index >= 15 is 0 Å². The van der Waals surface area contributed by atoms with Crippen molar-refractivity contribution in [3.63, 3.8) is 0 Å². The van der Waals surface area contributed by atoms with E-state index in [1.54, 1.807) is 6.92 Å². The van der Waals surface area contributed by atoms with Gasteiger partial charge < -0.3 is 137 Å². The largest absolute Gasteiger partial charge is 0.780 e. The molecule has 0 radical (unpaired) electrons. The molecule has 12 unspecified atom stereocenters. The Morgan fingerprint density at radius 1 is 0.413 bits per heavy atom. The molecule has 6 aliphatic rings. The number of nitrogens with two attached hydrogens (primary N) is 3. The standard InChI is InChI=1S/C62H81N21O31P6S6/c1-6-29-30(7-41(103-29)78-13-26(2)55(84)75-60(78)88)110-116(92,122)98-18-38-33(10-44(106-38)81-23-70-47-50(63)66-21-68-52(47)81)113-120(96,126)101-19-39-34(11-45(107-39)82-24-71-48-51(64)67-22-69-53(48)82)112-119(95,125)100-17-37-32(9-43(105-37)80-15-28(4)57(86)77-62(80)90)111-117(93,123)102-20-40-35(12-46(108-40)83-25-72-49-54(83)73-59(65)74-58(49)87)114-118(94,124)99-16-36-31(109-115(91,121)97-5)8-42(104-36)79-14-27(3)56(85)76-61(79)89/h13-15,21-25,29-46H,6-12,16-20H2,1-5H3,(H,91,121)(H,92,122)(H,93,123)(H,94,124)(H,95,125)(H,96,126)(H2,63,66,68)(H2,64,67,69)(H,75,84,88)(H,76,85,89)(H,77,86,90)(H3,65,73,74,87)/p-6/t29-,30?,31?,32?,33?,34?,35?,36-,37-,38-,39-,40-,41-,42-,43-,44-,45-,46-,115?,116?,117?,118?,119?,120?/m1/s1. The highest BCUT2D eigenvalue weighted by molar-refractivity contribution is 8.32. The van der Waals surface area contributed by atoms with Gasteiger partial charge in [-0.25, -0.2) is 49.3 Å². The number of hydrogen-bond donors (Lipinski definition) is 7. The molecule has 64 heteroatoms. The number of nitrogen functional groups attached to an aromatic ring is 3. The molecule has 6 aliphatic heterocycles. The van der Waals surface area contributed by atoms with Crippen LogP contribution in [0.2, 0.25) is 0 Å². The van der Waals surface area contributed by atoms with Crippen LogP contribution < -0.4 is 81.0 Å². The molecule has 9 aromatic heterocycles. The first kappa shape index (κ1) is 94.4. The summed E-state index contributed by atoms with van der Waals surface area (Å²) in [5.74, 6) is -0.318. The molecule has 0 aliphatic carbocycles. The Bertz CT molecular complexity index is 6400. The van der Waals surface area contributed by atoms with Crippen molar-refractivity contribution < 1.29 is 112 Å². The predicted octanol–water partition coefficient (Wildman–Crippen LogP) is -2.12. The van der Waals surface area contributed by atoms with Gasteiger partial charge in [0.1, 0.15) is 125 Å². The molecule has 15 rings (SSSR count). The molecular weight excluding hydrogens is 1910 g/mol. The van der Waals surface area contributed by atoms with E-state index in [0.717, 1.165) is 28.8 Å². The van der Waals surface area contributed by atoms with Crippen molar-refractivity contribution in [2.75, 3.05) is 57.3 Å². The van der Waals surface area contributed by atoms with Gasteiger partial charge >= 0.3 is 17.1 Å². The number of fused-ring (bicyclic) bond motifs is 3. The van der Waals surface area contributed by atoms with Crippen molar-refractivity contribution >= 4 is 163 Å². The number of nitrogens with zero attached hydrogens (tertiary/aromatic N) is 14. The maximum absolute atomic E-state index is 14.9. The molecule has 6 fully saturated rings. The van der Waals surface area contributed by atoms with Crippen molar-refractivity contribution in [2.45, 2.75) is 183 Å². The van der Waals surface area contributed by atoms with Crippen LogP contribution in [0.5, 0.6) is 0 Å². The van der Waals surface area contributed by atoms with Crippen LogP contribution in [-0.2, 0) is 159 Å². The normalized spacial score (nSPS) is 29.4. The first-order valence-corrected chi connectivity index (χ1v) is 53.0. The molecule has 0 spiro atoms. The predicted molar refractivity (Wildman–Crippen MR) is 444 cm³/mol. The van der Waals surface area contributed by atoms with Crippen LogP contribution in [0.15, 0.2) is 83.8 Å². The molecule has 0 amide bonds. The molecule has 126 heavy (non-hydrogen) atoms. The number of aromatic nitrogens is 18. The summed E-state index contributed by atoms with van der Waals surface area (Å²) in [6.07, 6.45) is -14.8. The van der Waals surface area contributed by atoms with E-state index in [2.05, 4.69) is 59.8 Å². The Morgan fingerprint density at radius 3 is 1.05 bits per heavy atom. The fourth-order valence-corrected chi connectivity index (χ4v) is 23.0. The minimum Gasteiger partial charge on any atom is -0.780 e. The second-order valence-electron chi connectivity index (χ2n) is 29.2. The molecule has 24 atom stereocenters. The molecule has 686 valence electrons. The fraction of sp³-hybridized carbons (Fsp3) is 0.565. The third-order valence-corrected chi connectivity index (χ3v) is 30.3. The number of anilines is 3. The zero-order chi connectivity index (χ0) is 90.2. The quantitative estimate of drug-likeness (QED) is 0.0165. The van der Waals surface area contributed by atoms with E-state index in [9.17, 15) is 62.6 Å². The third-order valence-electron chi connectivity index (χ3n) is 20.8. The smallest absolute Gasteiger partial charge is 0.330 e. The van der Waals surface area contributed by atoms with Gasteiger partial charge in [-0.2, -0.15) is 4.98 Å². The second-order valence-corrected chi connectivity index (χ2v) is 45.5. The Morgan fingerprint density at radius 2 is 0.706 bits per heavy atom. The van der Waals surface area contributed by atoms with E-state index < -0.39 is 230 Å². The van der Waals surface area contributed by atoms with Crippen molar-refractivity contribution in [3.05, 3.63) is 140 Å². The number of aromatic amines is 4. The van der Waals surface area contributed by atoms with Crippen LogP contribution in [0.4, 0.5) is 17.6 Å². The summed E-state index contributed by atoms with van der Waals surface area (Å²) in [4.78, 5) is 203. The number of nitrogens with one attached hydrogen (secondary N) is 4. The number of hydrogen-bond acceptors (Lipinski definition) is 48. The average Bonchev–Trinajstić information content (AvgIpc) is 1.63. The number of aryl methyl sites for hydroxylation is 3. The van der Waals surface area contributed by atoms with Gasteiger partial charge in [0, 0.05) is 80.9 Å². The van der Waals surface area contributed by atoms with E-state index in [0.29, 0.717) is 6.42 Å². The van der Waals surface area contributed by atoms with Crippen molar-refractivity contribution in [1.82, 2.24) is 87.2 Å². The average molecular weight is 1990 g/mol. The summed E-state index contributed by atoms with van der Waals surface area (Å²) in [6, 6.07) is 0. The molecule has 0 bridgehead atoms. The van der Waals surface area contributed by atoms with Gasteiger partial charge in [0.15, 0.2) is 40.9 Å². The number of rotatable bonds is 35. The highest BCUT2D eigenvalue weighted by Crippen LogP contribution is 2.56. The van der Waals surface area contributed by atoms with Gasteiger partial charge in [-0.3, -0.25) is 71.1 Å². The zero-order valence-corrected chi connectivity index (χ0v) is 76.0. The van der Waals surface area contributed by atoms with Crippen LogP contribution in [0, 0.1) is 20.8 Å². The van der Waals surface area contributed by atoms with Crippen molar-refractivity contribution in [3.8, 4) is 0 Å². The first-order valence-electron chi connectivity index (χ1n) is 37.7. The Balaban J connectivity index is 0.644. The summed E-state index contributed by atoms with van der Waals surface area (Å²) in [5, 5.41) is 0. The Hall–Kier alpha value is -6.20. The monoisotopic (exact) mass is 1990 g/mol. The number of ether oxygens (including phenoxy) is 6. The minimum atomic E-state index is -4.98. The molecule has 52 nitrogen and oxygen atoms in total. The lowest BCUT2D eigenvalue weighted by Crippen LogP contribution is -2.34. The molecule has 15 heterocycles. The van der Waals surface area contributed by atoms with Gasteiger partial charge in [0.25, 0.3) is 22.2 Å². The molecule has 6 saturated heterocycles. The van der Waals surface area contributed by atoms with E-state index in [4.69, 9.17) is 171 Å².